The molecule has 1 N–H and O–H groups in total. The highest BCUT2D eigenvalue weighted by Crippen LogP contribution is 2.15. The lowest BCUT2D eigenvalue weighted by atomic mass is 10.2. The van der Waals surface area contributed by atoms with Gasteiger partial charge < -0.3 is 10.2 Å². The fourth-order valence-electron chi connectivity index (χ4n) is 1.89. The number of hydrogen-bond donors (Lipinski definition) is 1. The van der Waals surface area contributed by atoms with Gasteiger partial charge in [0.05, 0.1) is 6.67 Å². The zero-order valence-corrected chi connectivity index (χ0v) is 11.0. The Morgan fingerprint density at radius 2 is 1.58 bits per heavy atom. The minimum absolute atomic E-state index is 0.0195. The number of hydrogen-bond acceptors (Lipinski definition) is 2. The molecule has 0 atom stereocenters. The summed E-state index contributed by atoms with van der Waals surface area (Å²) in [6, 6.07) is 20.3. The van der Waals surface area contributed by atoms with Crippen LogP contribution in [0.4, 0.5) is 5.69 Å². The summed E-state index contributed by atoms with van der Waals surface area (Å²) >= 11 is 0. The first-order chi connectivity index (χ1) is 9.25. The van der Waals surface area contributed by atoms with Crippen molar-refractivity contribution in [1.29, 1.82) is 0 Å². The molecule has 98 valence electrons. The summed E-state index contributed by atoms with van der Waals surface area (Å²) in [5, 5.41) is 2.85. The van der Waals surface area contributed by atoms with Crippen LogP contribution >= 0.6 is 0 Å². The van der Waals surface area contributed by atoms with Crippen molar-refractivity contribution in [2.75, 3.05) is 11.6 Å². The van der Waals surface area contributed by atoms with E-state index in [2.05, 4.69) is 22.3 Å². The fourth-order valence-corrected chi connectivity index (χ4v) is 1.89. The predicted octanol–water partition coefficient (Wildman–Crippen LogP) is 2.79. The molecule has 0 bridgehead atoms. The lowest BCUT2D eigenvalue weighted by molar-refractivity contribution is -0.118. The van der Waals surface area contributed by atoms with E-state index in [1.54, 1.807) is 0 Å². The average molecular weight is 254 g/mol. The summed E-state index contributed by atoms with van der Waals surface area (Å²) in [7, 11) is 0. The molecule has 2 rings (SSSR count). The van der Waals surface area contributed by atoms with Gasteiger partial charge in [0.2, 0.25) is 5.91 Å². The SMILES string of the molecule is CC(=O)NCN(Cc1ccccc1)c1ccccc1. The summed E-state index contributed by atoms with van der Waals surface area (Å²) in [4.78, 5) is 13.2. The molecule has 0 aliphatic rings. The third kappa shape index (κ3) is 4.14. The molecule has 1 amide bonds. The Bertz CT molecular complexity index is 511. The molecule has 0 aliphatic carbocycles. The summed E-state index contributed by atoms with van der Waals surface area (Å²) in [5.41, 5.74) is 2.32. The lowest BCUT2D eigenvalue weighted by Crippen LogP contribution is -2.36. The molecule has 3 heteroatoms. The topological polar surface area (TPSA) is 32.3 Å². The van der Waals surface area contributed by atoms with Crippen molar-refractivity contribution in [2.24, 2.45) is 0 Å². The Balaban J connectivity index is 2.12. The molecule has 2 aromatic carbocycles. The molecule has 0 aliphatic heterocycles. The highest BCUT2D eigenvalue weighted by Gasteiger charge is 2.07. The van der Waals surface area contributed by atoms with Gasteiger partial charge in [0.1, 0.15) is 0 Å². The molecule has 19 heavy (non-hydrogen) atoms. The first-order valence-electron chi connectivity index (χ1n) is 6.34. The molecule has 0 spiro atoms. The highest BCUT2D eigenvalue weighted by atomic mass is 16.1. The first kappa shape index (κ1) is 13.1. The maximum absolute atomic E-state index is 11.1. The normalized spacial score (nSPS) is 9.95. The van der Waals surface area contributed by atoms with Crippen molar-refractivity contribution in [2.45, 2.75) is 13.5 Å². The van der Waals surface area contributed by atoms with E-state index in [0.717, 1.165) is 12.2 Å². The second-order valence-corrected chi connectivity index (χ2v) is 4.41. The predicted molar refractivity (Wildman–Crippen MR) is 77.8 cm³/mol. The number of benzene rings is 2. The van der Waals surface area contributed by atoms with E-state index in [0.29, 0.717) is 6.67 Å². The van der Waals surface area contributed by atoms with Crippen molar-refractivity contribution in [1.82, 2.24) is 5.32 Å². The highest BCUT2D eigenvalue weighted by molar-refractivity contribution is 5.73. The molecule has 0 aromatic heterocycles. The smallest absolute Gasteiger partial charge is 0.218 e. The van der Waals surface area contributed by atoms with E-state index in [9.17, 15) is 4.79 Å². The van der Waals surface area contributed by atoms with E-state index < -0.39 is 0 Å². The van der Waals surface area contributed by atoms with Gasteiger partial charge >= 0.3 is 0 Å². The van der Waals surface area contributed by atoms with Crippen LogP contribution < -0.4 is 10.2 Å². The molecule has 0 fully saturated rings. The van der Waals surface area contributed by atoms with Crippen molar-refractivity contribution in [3.63, 3.8) is 0 Å². The van der Waals surface area contributed by atoms with Crippen LogP contribution in [0.15, 0.2) is 60.7 Å². The summed E-state index contributed by atoms with van der Waals surface area (Å²) < 4.78 is 0. The number of nitrogens with one attached hydrogen (secondary N) is 1. The second-order valence-electron chi connectivity index (χ2n) is 4.41. The minimum atomic E-state index is -0.0195. The summed E-state index contributed by atoms with van der Waals surface area (Å²) in [5.74, 6) is -0.0195. The molecule has 0 saturated carbocycles. The molecular formula is C16H18N2O. The quantitative estimate of drug-likeness (QED) is 0.832. The number of rotatable bonds is 5. The monoisotopic (exact) mass is 254 g/mol. The Morgan fingerprint density at radius 3 is 2.16 bits per heavy atom. The van der Waals surface area contributed by atoms with Gasteiger partial charge in [-0.15, -0.1) is 0 Å². The van der Waals surface area contributed by atoms with Crippen LogP contribution in [0.5, 0.6) is 0 Å². The standard InChI is InChI=1S/C16H18N2O/c1-14(19)17-13-18(16-10-6-3-7-11-16)12-15-8-4-2-5-9-15/h2-11H,12-13H2,1H3,(H,17,19). The maximum Gasteiger partial charge on any atom is 0.218 e. The molecule has 3 nitrogen and oxygen atoms in total. The van der Waals surface area contributed by atoms with Gasteiger partial charge in [0.25, 0.3) is 0 Å². The van der Waals surface area contributed by atoms with Crippen LogP contribution in [0.25, 0.3) is 0 Å². The Labute approximate surface area is 113 Å². The van der Waals surface area contributed by atoms with Crippen molar-refractivity contribution < 1.29 is 4.79 Å². The number of para-hydroxylation sites is 1. The molecule has 2 aromatic rings. The van der Waals surface area contributed by atoms with E-state index in [1.807, 2.05) is 48.5 Å². The zero-order chi connectivity index (χ0) is 13.5. The molecule has 0 heterocycles. The van der Waals surface area contributed by atoms with Gasteiger partial charge in [-0.2, -0.15) is 0 Å². The third-order valence-corrected chi connectivity index (χ3v) is 2.86. The molecule has 0 saturated heterocycles. The van der Waals surface area contributed by atoms with Gasteiger partial charge in [0.15, 0.2) is 0 Å². The zero-order valence-electron chi connectivity index (χ0n) is 11.0. The molecular weight excluding hydrogens is 236 g/mol. The number of amides is 1. The number of carbonyl (C=O) groups is 1. The fraction of sp³-hybridized carbons (Fsp3) is 0.188. The molecule has 0 unspecified atom stereocenters. The van der Waals surface area contributed by atoms with Crippen LogP contribution in [0.3, 0.4) is 0 Å². The number of anilines is 1. The van der Waals surface area contributed by atoms with Crippen LogP contribution in [0, 0.1) is 0 Å². The third-order valence-electron chi connectivity index (χ3n) is 2.86. The van der Waals surface area contributed by atoms with Gasteiger partial charge in [-0.05, 0) is 17.7 Å². The van der Waals surface area contributed by atoms with Gasteiger partial charge in [0, 0.05) is 19.2 Å². The maximum atomic E-state index is 11.1. The van der Waals surface area contributed by atoms with Gasteiger partial charge in [-0.1, -0.05) is 48.5 Å². The Morgan fingerprint density at radius 1 is 1.00 bits per heavy atom. The van der Waals surface area contributed by atoms with E-state index in [-0.39, 0.29) is 5.91 Å². The second kappa shape index (κ2) is 6.59. The van der Waals surface area contributed by atoms with Gasteiger partial charge in [-0.3, -0.25) is 4.79 Å². The summed E-state index contributed by atoms with van der Waals surface area (Å²) in [6.45, 7) is 2.81. The number of carbonyl (C=O) groups excluding carboxylic acids is 1. The van der Waals surface area contributed by atoms with Crippen LogP contribution in [0.2, 0.25) is 0 Å². The van der Waals surface area contributed by atoms with Crippen molar-refractivity contribution in [3.8, 4) is 0 Å². The Hall–Kier alpha value is -2.29. The first-order valence-corrected chi connectivity index (χ1v) is 6.34. The largest absolute Gasteiger partial charge is 0.350 e. The van der Waals surface area contributed by atoms with Crippen LogP contribution in [0.1, 0.15) is 12.5 Å². The molecule has 0 radical (unpaired) electrons. The van der Waals surface area contributed by atoms with Crippen LogP contribution in [-0.2, 0) is 11.3 Å². The lowest BCUT2D eigenvalue weighted by Gasteiger charge is -2.25. The van der Waals surface area contributed by atoms with Crippen molar-refractivity contribution in [3.05, 3.63) is 66.2 Å². The van der Waals surface area contributed by atoms with E-state index in [1.165, 1.54) is 12.5 Å². The van der Waals surface area contributed by atoms with E-state index >= 15 is 0 Å². The number of nitrogens with zero attached hydrogens (tertiary/aromatic N) is 1. The van der Waals surface area contributed by atoms with Crippen LogP contribution in [-0.4, -0.2) is 12.6 Å². The summed E-state index contributed by atoms with van der Waals surface area (Å²) in [6.07, 6.45) is 0. The van der Waals surface area contributed by atoms with Gasteiger partial charge in [-0.25, -0.2) is 0 Å². The minimum Gasteiger partial charge on any atom is -0.350 e. The van der Waals surface area contributed by atoms with Crippen molar-refractivity contribution >= 4 is 11.6 Å². The van der Waals surface area contributed by atoms with E-state index in [4.69, 9.17) is 0 Å². The Kier molecular flexibility index (Phi) is 4.56. The average Bonchev–Trinajstić information content (AvgIpc) is 2.45.